The summed E-state index contributed by atoms with van der Waals surface area (Å²) < 4.78 is 0. The fourth-order valence-corrected chi connectivity index (χ4v) is 3.12. The maximum atomic E-state index is 12.8. The molecule has 2 aromatic carbocycles. The van der Waals surface area contributed by atoms with Crippen molar-refractivity contribution in [2.75, 3.05) is 4.90 Å². The summed E-state index contributed by atoms with van der Waals surface area (Å²) in [6.07, 6.45) is 0. The van der Waals surface area contributed by atoms with Gasteiger partial charge in [-0.15, -0.1) is 0 Å². The van der Waals surface area contributed by atoms with Crippen molar-refractivity contribution in [1.29, 1.82) is 0 Å². The van der Waals surface area contributed by atoms with Gasteiger partial charge in [0.05, 0.1) is 5.69 Å². The SMILES string of the molecule is Cc1c(Cl)cccc1N1C(=O)C(Cl)=C(NC(C)c2ccccc2)C1=O. The Hall–Kier alpha value is -2.30. The second-order valence-corrected chi connectivity index (χ2v) is 6.58. The molecular weight excluding hydrogens is 359 g/mol. The van der Waals surface area contributed by atoms with Gasteiger partial charge in [0.2, 0.25) is 0 Å². The van der Waals surface area contributed by atoms with Crippen molar-refractivity contribution in [3.05, 3.63) is 75.4 Å². The average Bonchev–Trinajstić information content (AvgIpc) is 2.82. The van der Waals surface area contributed by atoms with Crippen molar-refractivity contribution in [2.45, 2.75) is 19.9 Å². The zero-order valence-electron chi connectivity index (χ0n) is 13.7. The van der Waals surface area contributed by atoms with Gasteiger partial charge in [-0.2, -0.15) is 0 Å². The number of carbonyl (C=O) groups is 2. The summed E-state index contributed by atoms with van der Waals surface area (Å²) >= 11 is 12.3. The Balaban J connectivity index is 1.91. The number of imide groups is 1. The van der Waals surface area contributed by atoms with Gasteiger partial charge in [0.15, 0.2) is 0 Å². The Kier molecular flexibility index (Phi) is 4.84. The van der Waals surface area contributed by atoms with Gasteiger partial charge in [0.25, 0.3) is 11.8 Å². The fraction of sp³-hybridized carbons (Fsp3) is 0.158. The van der Waals surface area contributed by atoms with Crippen LogP contribution in [0.25, 0.3) is 0 Å². The molecule has 1 aliphatic rings. The molecule has 0 bridgehead atoms. The summed E-state index contributed by atoms with van der Waals surface area (Å²) in [7, 11) is 0. The Morgan fingerprint density at radius 2 is 1.64 bits per heavy atom. The molecule has 0 aliphatic carbocycles. The van der Waals surface area contributed by atoms with Crippen molar-refractivity contribution in [2.24, 2.45) is 0 Å². The molecule has 0 fully saturated rings. The third-order valence-electron chi connectivity index (χ3n) is 4.17. The van der Waals surface area contributed by atoms with Crippen LogP contribution in [0.15, 0.2) is 59.3 Å². The first kappa shape index (κ1) is 17.5. The predicted molar refractivity (Wildman–Crippen MR) is 99.6 cm³/mol. The maximum absolute atomic E-state index is 12.8. The highest BCUT2D eigenvalue weighted by molar-refractivity contribution is 6.52. The van der Waals surface area contributed by atoms with Gasteiger partial charge in [-0.3, -0.25) is 9.59 Å². The smallest absolute Gasteiger partial charge is 0.283 e. The molecule has 4 nitrogen and oxygen atoms in total. The lowest BCUT2D eigenvalue weighted by atomic mass is 10.1. The van der Waals surface area contributed by atoms with Crippen LogP contribution in [0.2, 0.25) is 5.02 Å². The molecular formula is C19H16Cl2N2O2. The van der Waals surface area contributed by atoms with Crippen molar-refractivity contribution in [3.63, 3.8) is 0 Å². The molecule has 2 aromatic rings. The highest BCUT2D eigenvalue weighted by Gasteiger charge is 2.40. The first-order valence-electron chi connectivity index (χ1n) is 7.77. The molecule has 3 rings (SSSR count). The maximum Gasteiger partial charge on any atom is 0.283 e. The van der Waals surface area contributed by atoms with Gasteiger partial charge < -0.3 is 5.32 Å². The molecule has 0 saturated carbocycles. The number of hydrogen-bond acceptors (Lipinski definition) is 3. The Morgan fingerprint density at radius 3 is 2.32 bits per heavy atom. The van der Waals surface area contributed by atoms with Crippen LogP contribution in [0, 0.1) is 6.92 Å². The monoisotopic (exact) mass is 374 g/mol. The van der Waals surface area contributed by atoms with Gasteiger partial charge in [0.1, 0.15) is 10.7 Å². The second kappa shape index (κ2) is 6.90. The van der Waals surface area contributed by atoms with Crippen molar-refractivity contribution >= 4 is 40.7 Å². The third kappa shape index (κ3) is 3.15. The van der Waals surface area contributed by atoms with E-state index in [1.165, 1.54) is 0 Å². The number of rotatable bonds is 4. The number of halogens is 2. The number of amides is 2. The first-order valence-corrected chi connectivity index (χ1v) is 8.52. The van der Waals surface area contributed by atoms with Crippen LogP contribution in [0.5, 0.6) is 0 Å². The minimum atomic E-state index is -0.556. The Morgan fingerprint density at radius 1 is 0.960 bits per heavy atom. The minimum absolute atomic E-state index is 0.0994. The van der Waals surface area contributed by atoms with Crippen LogP contribution in [0.1, 0.15) is 24.1 Å². The highest BCUT2D eigenvalue weighted by Crippen LogP contribution is 2.33. The van der Waals surface area contributed by atoms with E-state index in [2.05, 4.69) is 5.32 Å². The lowest BCUT2D eigenvalue weighted by Gasteiger charge is -2.19. The molecule has 128 valence electrons. The predicted octanol–water partition coefficient (Wildman–Crippen LogP) is 4.32. The van der Waals surface area contributed by atoms with Gasteiger partial charge in [0, 0.05) is 11.1 Å². The lowest BCUT2D eigenvalue weighted by molar-refractivity contribution is -0.120. The minimum Gasteiger partial charge on any atom is -0.373 e. The number of benzene rings is 2. The van der Waals surface area contributed by atoms with Gasteiger partial charge in [-0.05, 0) is 37.1 Å². The quantitative estimate of drug-likeness (QED) is 0.810. The van der Waals surface area contributed by atoms with Crippen molar-refractivity contribution < 1.29 is 9.59 Å². The summed E-state index contributed by atoms with van der Waals surface area (Å²) in [4.78, 5) is 26.4. The summed E-state index contributed by atoms with van der Waals surface area (Å²) in [5, 5.41) is 3.42. The number of hydrogen-bond donors (Lipinski definition) is 1. The fourth-order valence-electron chi connectivity index (χ4n) is 2.73. The van der Waals surface area contributed by atoms with E-state index in [9.17, 15) is 9.59 Å². The second-order valence-electron chi connectivity index (χ2n) is 5.80. The normalized spacial score (nSPS) is 15.8. The van der Waals surface area contributed by atoms with Crippen LogP contribution in [0.4, 0.5) is 5.69 Å². The Labute approximate surface area is 156 Å². The summed E-state index contributed by atoms with van der Waals surface area (Å²) in [5.41, 5.74) is 2.16. The number of nitrogens with zero attached hydrogens (tertiary/aromatic N) is 1. The van der Waals surface area contributed by atoms with E-state index in [4.69, 9.17) is 23.2 Å². The van der Waals surface area contributed by atoms with E-state index >= 15 is 0 Å². The van der Waals surface area contributed by atoms with Gasteiger partial charge in [-0.1, -0.05) is 59.6 Å². The molecule has 1 aliphatic heterocycles. The van der Waals surface area contributed by atoms with Gasteiger partial charge >= 0.3 is 0 Å². The van der Waals surface area contributed by atoms with Crippen molar-refractivity contribution in [3.8, 4) is 0 Å². The van der Waals surface area contributed by atoms with E-state index in [1.54, 1.807) is 25.1 Å². The molecule has 6 heteroatoms. The average molecular weight is 375 g/mol. The van der Waals surface area contributed by atoms with Gasteiger partial charge in [-0.25, -0.2) is 4.90 Å². The summed E-state index contributed by atoms with van der Waals surface area (Å²) in [6.45, 7) is 3.65. The Bertz CT molecular complexity index is 878. The van der Waals surface area contributed by atoms with E-state index < -0.39 is 11.8 Å². The van der Waals surface area contributed by atoms with E-state index in [0.717, 1.165) is 10.5 Å². The molecule has 1 unspecified atom stereocenters. The molecule has 0 aromatic heterocycles. The van der Waals surface area contributed by atoms with Crippen molar-refractivity contribution in [1.82, 2.24) is 5.32 Å². The zero-order chi connectivity index (χ0) is 18.1. The molecule has 1 N–H and O–H groups in total. The number of carbonyl (C=O) groups excluding carboxylic acids is 2. The lowest BCUT2D eigenvalue weighted by Crippen LogP contribution is -2.34. The number of anilines is 1. The van der Waals surface area contributed by atoms with Crippen LogP contribution in [-0.4, -0.2) is 11.8 Å². The molecule has 0 spiro atoms. The number of nitrogens with one attached hydrogen (secondary N) is 1. The first-order chi connectivity index (χ1) is 11.9. The van der Waals surface area contributed by atoms with Crippen LogP contribution >= 0.6 is 23.2 Å². The summed E-state index contributed by atoms with van der Waals surface area (Å²) in [6, 6.07) is 14.5. The largest absolute Gasteiger partial charge is 0.373 e. The molecule has 0 radical (unpaired) electrons. The topological polar surface area (TPSA) is 49.4 Å². The van der Waals surface area contributed by atoms with Crippen LogP contribution in [0.3, 0.4) is 0 Å². The third-order valence-corrected chi connectivity index (χ3v) is 4.93. The van der Waals surface area contributed by atoms with E-state index in [-0.39, 0.29) is 16.8 Å². The zero-order valence-corrected chi connectivity index (χ0v) is 15.2. The molecule has 0 saturated heterocycles. The molecule has 25 heavy (non-hydrogen) atoms. The highest BCUT2D eigenvalue weighted by atomic mass is 35.5. The molecule has 1 atom stereocenters. The summed E-state index contributed by atoms with van der Waals surface area (Å²) in [5.74, 6) is -1.04. The molecule has 1 heterocycles. The molecule has 2 amide bonds. The standard InChI is InChI=1S/C19H16Cl2N2O2/c1-11-14(20)9-6-10-15(11)23-18(24)16(21)17(19(23)25)22-12(2)13-7-4-3-5-8-13/h3-10,12,22H,1-2H3. The van der Waals surface area contributed by atoms with E-state index in [1.807, 2.05) is 37.3 Å². The van der Waals surface area contributed by atoms with E-state index in [0.29, 0.717) is 16.3 Å². The van der Waals surface area contributed by atoms with Crippen LogP contribution in [-0.2, 0) is 9.59 Å². The van der Waals surface area contributed by atoms with Crippen LogP contribution < -0.4 is 10.2 Å².